The fourth-order valence-corrected chi connectivity index (χ4v) is 3.10. The predicted octanol–water partition coefficient (Wildman–Crippen LogP) is 4.71. The first kappa shape index (κ1) is 24.6. The molecule has 3 rings (SSSR count). The number of pyridine rings is 1. The smallest absolute Gasteiger partial charge is 0.335 e. The number of amides is 1. The Bertz CT molecular complexity index is 1200. The normalized spacial score (nSPS) is 11.0. The number of carboxylic acid groups (broad SMARTS) is 1. The Morgan fingerprint density at radius 1 is 1.09 bits per heavy atom. The lowest BCUT2D eigenvalue weighted by Crippen LogP contribution is -2.26. The van der Waals surface area contributed by atoms with Gasteiger partial charge in [-0.05, 0) is 61.9 Å². The molecule has 4 N–H and O–H groups in total. The molecule has 8 nitrogen and oxygen atoms in total. The topological polar surface area (TPSA) is 113 Å². The minimum atomic E-state index is -1.03. The number of rotatable bonds is 10. The molecular weight excluding hydrogens is 456 g/mol. The molecule has 0 aliphatic rings. The van der Waals surface area contributed by atoms with Gasteiger partial charge in [0.25, 0.3) is 0 Å². The Labute approximate surface area is 202 Å². The van der Waals surface area contributed by atoms with Gasteiger partial charge in [0.15, 0.2) is 0 Å². The van der Waals surface area contributed by atoms with E-state index in [4.69, 9.17) is 21.4 Å². The van der Waals surface area contributed by atoms with Gasteiger partial charge in [0.05, 0.1) is 11.3 Å². The zero-order chi connectivity index (χ0) is 24.5. The Balaban J connectivity index is 1.74. The number of aromatic nitrogens is 1. The van der Waals surface area contributed by atoms with E-state index in [1.807, 2.05) is 19.1 Å². The van der Waals surface area contributed by atoms with Crippen molar-refractivity contribution in [2.75, 3.05) is 11.9 Å². The Morgan fingerprint density at radius 3 is 2.53 bits per heavy atom. The fourth-order valence-electron chi connectivity index (χ4n) is 2.97. The van der Waals surface area contributed by atoms with Crippen LogP contribution in [0.25, 0.3) is 0 Å². The number of benzene rings is 2. The van der Waals surface area contributed by atoms with Gasteiger partial charge in [-0.1, -0.05) is 29.8 Å². The summed E-state index contributed by atoms with van der Waals surface area (Å²) in [5.74, 6) is 0.573. The summed E-state index contributed by atoms with van der Waals surface area (Å²) in [5.41, 5.74) is 1.71. The molecule has 0 spiro atoms. The van der Waals surface area contributed by atoms with Crippen LogP contribution in [0.5, 0.6) is 11.5 Å². The number of likely N-dealkylation sites (N-methyl/N-ethyl adjacent to an activating group) is 1. The van der Waals surface area contributed by atoms with Crippen molar-refractivity contribution in [3.63, 3.8) is 0 Å². The Kier molecular flexibility index (Phi) is 8.48. The van der Waals surface area contributed by atoms with E-state index in [1.54, 1.807) is 43.3 Å². The van der Waals surface area contributed by atoms with Crippen LogP contribution >= 0.6 is 11.6 Å². The molecule has 1 heterocycles. The van der Waals surface area contributed by atoms with Gasteiger partial charge in [0, 0.05) is 24.2 Å². The molecule has 0 aliphatic carbocycles. The van der Waals surface area contributed by atoms with Gasteiger partial charge in [-0.15, -0.1) is 0 Å². The van der Waals surface area contributed by atoms with Gasteiger partial charge in [-0.3, -0.25) is 4.79 Å². The predicted molar refractivity (Wildman–Crippen MR) is 131 cm³/mol. The third-order valence-corrected chi connectivity index (χ3v) is 4.88. The number of carbonyl (C=O) groups is 2. The van der Waals surface area contributed by atoms with Gasteiger partial charge < -0.3 is 25.8 Å². The molecule has 9 heteroatoms. The van der Waals surface area contributed by atoms with Crippen LogP contribution in [0, 0.1) is 6.92 Å². The van der Waals surface area contributed by atoms with Crippen molar-refractivity contribution in [1.82, 2.24) is 15.6 Å². The van der Waals surface area contributed by atoms with Gasteiger partial charge in [-0.25, -0.2) is 9.78 Å². The number of aryl methyl sites for hydroxylation is 1. The minimum Gasteiger partial charge on any atom is -0.478 e. The van der Waals surface area contributed by atoms with Crippen molar-refractivity contribution >= 4 is 29.3 Å². The lowest BCUT2D eigenvalue weighted by molar-refractivity contribution is -0.116. The van der Waals surface area contributed by atoms with Gasteiger partial charge in [-0.2, -0.15) is 0 Å². The number of carboxylic acids is 1. The van der Waals surface area contributed by atoms with Crippen molar-refractivity contribution in [3.05, 3.63) is 94.4 Å². The first-order valence-corrected chi connectivity index (χ1v) is 11.0. The van der Waals surface area contributed by atoms with Crippen molar-refractivity contribution < 1.29 is 19.4 Å². The Hall–Kier alpha value is -4.04. The van der Waals surface area contributed by atoms with Gasteiger partial charge in [0.1, 0.15) is 23.1 Å². The number of nitrogens with zero attached hydrogens (tertiary/aromatic N) is 1. The first-order chi connectivity index (χ1) is 16.3. The van der Waals surface area contributed by atoms with Crippen LogP contribution in [-0.2, 0) is 11.3 Å². The van der Waals surface area contributed by atoms with Crippen LogP contribution in [0.15, 0.2) is 72.6 Å². The molecule has 0 unspecified atom stereocenters. The lowest BCUT2D eigenvalue weighted by atomic mass is 10.2. The van der Waals surface area contributed by atoms with E-state index in [0.29, 0.717) is 46.9 Å². The van der Waals surface area contributed by atoms with Crippen LogP contribution in [0.1, 0.15) is 28.5 Å². The zero-order valence-electron chi connectivity index (χ0n) is 18.8. The van der Waals surface area contributed by atoms with Crippen molar-refractivity contribution in [1.29, 1.82) is 0 Å². The fraction of sp³-hybridized carbons (Fsp3) is 0.160. The minimum absolute atomic E-state index is 0.133. The highest BCUT2D eigenvalue weighted by molar-refractivity contribution is 6.30. The summed E-state index contributed by atoms with van der Waals surface area (Å²) < 4.78 is 5.81. The molecule has 0 aliphatic heterocycles. The van der Waals surface area contributed by atoms with E-state index >= 15 is 0 Å². The molecule has 0 atom stereocenters. The average molecular weight is 481 g/mol. The Morgan fingerprint density at radius 2 is 1.85 bits per heavy atom. The molecule has 0 saturated heterocycles. The monoisotopic (exact) mass is 480 g/mol. The molecule has 0 radical (unpaired) electrons. The van der Waals surface area contributed by atoms with Crippen molar-refractivity contribution in [2.45, 2.75) is 20.4 Å². The summed E-state index contributed by atoms with van der Waals surface area (Å²) in [6.45, 7) is 4.59. The summed E-state index contributed by atoms with van der Waals surface area (Å²) in [4.78, 5) is 27.8. The van der Waals surface area contributed by atoms with E-state index in [-0.39, 0.29) is 11.5 Å². The van der Waals surface area contributed by atoms with Crippen LogP contribution < -0.4 is 20.7 Å². The first-order valence-electron chi connectivity index (χ1n) is 10.6. The number of aromatic carboxylic acids is 1. The third-order valence-electron chi connectivity index (χ3n) is 4.63. The van der Waals surface area contributed by atoms with E-state index in [1.165, 1.54) is 18.2 Å². The van der Waals surface area contributed by atoms with Crippen LogP contribution in [0.4, 0.5) is 5.82 Å². The molecule has 3 aromatic rings. The molecule has 176 valence electrons. The molecule has 0 saturated carbocycles. The summed E-state index contributed by atoms with van der Waals surface area (Å²) in [5, 5.41) is 18.9. The van der Waals surface area contributed by atoms with Crippen LogP contribution in [0.2, 0.25) is 5.02 Å². The van der Waals surface area contributed by atoms with Crippen LogP contribution in [0.3, 0.4) is 0 Å². The van der Waals surface area contributed by atoms with Gasteiger partial charge >= 0.3 is 5.97 Å². The number of ether oxygens (including phenoxy) is 1. The molecule has 1 amide bonds. The second kappa shape index (κ2) is 11.7. The summed E-state index contributed by atoms with van der Waals surface area (Å²) in [6.07, 6.45) is 1.43. The quantitative estimate of drug-likeness (QED) is 0.311. The van der Waals surface area contributed by atoms with Crippen LogP contribution in [-0.4, -0.2) is 28.5 Å². The number of hydrogen-bond donors (Lipinski definition) is 4. The standard InChI is InChI=1S/C25H25ClN4O4/c1-3-27-24(31)14-23(28-15-17-7-9-19(26)10-8-17)30-22-12-11-21(16(2)29-22)34-20-6-4-5-18(13-20)25(32)33/h4-14,28H,3,15H2,1-2H3,(H,27,31)(H,29,30)(H,32,33)/b23-14+. The maximum atomic E-state index is 12.1. The lowest BCUT2D eigenvalue weighted by Gasteiger charge is -2.15. The van der Waals surface area contributed by atoms with E-state index in [9.17, 15) is 9.59 Å². The molecule has 0 bridgehead atoms. The summed E-state index contributed by atoms with van der Waals surface area (Å²) in [7, 11) is 0. The van der Waals surface area contributed by atoms with Crippen molar-refractivity contribution in [3.8, 4) is 11.5 Å². The highest BCUT2D eigenvalue weighted by Crippen LogP contribution is 2.26. The maximum Gasteiger partial charge on any atom is 0.335 e. The number of carbonyl (C=O) groups excluding carboxylic acids is 1. The summed E-state index contributed by atoms with van der Waals surface area (Å²) in [6, 6.07) is 17.0. The largest absolute Gasteiger partial charge is 0.478 e. The van der Waals surface area contributed by atoms with E-state index in [0.717, 1.165) is 5.56 Å². The van der Waals surface area contributed by atoms with E-state index in [2.05, 4.69) is 20.9 Å². The number of hydrogen-bond acceptors (Lipinski definition) is 6. The van der Waals surface area contributed by atoms with E-state index < -0.39 is 5.97 Å². The second-order valence-corrected chi connectivity index (χ2v) is 7.71. The molecule has 2 aromatic carbocycles. The molecular formula is C25H25ClN4O4. The number of halogens is 1. The average Bonchev–Trinajstić information content (AvgIpc) is 2.80. The van der Waals surface area contributed by atoms with Gasteiger partial charge in [0.2, 0.25) is 5.91 Å². The second-order valence-electron chi connectivity index (χ2n) is 7.27. The van der Waals surface area contributed by atoms with Crippen molar-refractivity contribution in [2.24, 2.45) is 0 Å². The zero-order valence-corrected chi connectivity index (χ0v) is 19.5. The maximum absolute atomic E-state index is 12.1. The number of nitrogens with one attached hydrogen (secondary N) is 3. The highest BCUT2D eigenvalue weighted by atomic mass is 35.5. The highest BCUT2D eigenvalue weighted by Gasteiger charge is 2.09. The molecule has 0 fully saturated rings. The summed E-state index contributed by atoms with van der Waals surface area (Å²) >= 11 is 5.94. The molecule has 1 aromatic heterocycles. The third kappa shape index (κ3) is 7.25. The molecule has 34 heavy (non-hydrogen) atoms. The SMILES string of the molecule is CCNC(=O)/C=C(\NCc1ccc(Cl)cc1)Nc1ccc(Oc2cccc(C(=O)O)c2)c(C)n1. The number of anilines is 1.